The molecule has 7 heteroatoms. The molecule has 2 aromatic heterocycles. The van der Waals surface area contributed by atoms with Crippen LogP contribution in [0.3, 0.4) is 0 Å². The maximum Gasteiger partial charge on any atom is 0.216 e. The second kappa shape index (κ2) is 5.38. The van der Waals surface area contributed by atoms with Crippen molar-refractivity contribution in [3.8, 4) is 0 Å². The minimum Gasteiger partial charge on any atom is -0.264 e. The van der Waals surface area contributed by atoms with E-state index in [-0.39, 0.29) is 5.37 Å². The number of hydrogen-bond acceptors (Lipinski definition) is 6. The molecule has 0 saturated heterocycles. The molecule has 4 heterocycles. The van der Waals surface area contributed by atoms with Gasteiger partial charge in [-0.1, -0.05) is 31.2 Å². The third-order valence-electron chi connectivity index (χ3n) is 3.56. The van der Waals surface area contributed by atoms with Crippen molar-refractivity contribution in [1.82, 2.24) is 19.9 Å². The zero-order valence-corrected chi connectivity index (χ0v) is 13.3. The molecule has 1 atom stereocenters. The van der Waals surface area contributed by atoms with Crippen molar-refractivity contribution in [2.24, 2.45) is 0 Å². The molecule has 0 bridgehead atoms. The summed E-state index contributed by atoms with van der Waals surface area (Å²) in [5.74, 6) is 1.05. The lowest BCUT2D eigenvalue weighted by Crippen LogP contribution is -2.30. The van der Waals surface area contributed by atoms with Crippen LogP contribution >= 0.6 is 23.5 Å². The molecular weight excluding hydrogens is 302 g/mol. The van der Waals surface area contributed by atoms with Crippen LogP contribution in [0.5, 0.6) is 0 Å². The molecular formula is C14H15N5S2. The van der Waals surface area contributed by atoms with Crippen LogP contribution in [0, 0.1) is 0 Å². The normalized spacial score (nSPS) is 19.6. The van der Waals surface area contributed by atoms with Gasteiger partial charge in [-0.3, -0.25) is 9.99 Å². The number of rotatable bonds is 4. The Kier molecular flexibility index (Phi) is 3.39. The van der Waals surface area contributed by atoms with Gasteiger partial charge in [0.25, 0.3) is 0 Å². The van der Waals surface area contributed by atoms with Crippen molar-refractivity contribution in [1.29, 1.82) is 0 Å². The molecule has 0 N–H and O–H groups in total. The maximum absolute atomic E-state index is 4.36. The molecule has 0 fully saturated rings. The largest absolute Gasteiger partial charge is 0.264 e. The Morgan fingerprint density at radius 3 is 3.10 bits per heavy atom. The standard InChI is InChI=1S/C14H15N5S2/c1-2-3-6-11-16-17-14-18(11)19-12(21-14)9-20-13(19)10-5-4-7-15-8-10/h4-5,7-9,13H,2-3,6H2,1H3. The smallest absolute Gasteiger partial charge is 0.216 e. The molecule has 0 radical (unpaired) electrons. The molecule has 0 spiro atoms. The summed E-state index contributed by atoms with van der Waals surface area (Å²) in [4.78, 5) is 4.25. The Bertz CT molecular complexity index is 682. The monoisotopic (exact) mass is 317 g/mol. The molecule has 1 unspecified atom stereocenters. The summed E-state index contributed by atoms with van der Waals surface area (Å²) >= 11 is 3.51. The second-order valence-electron chi connectivity index (χ2n) is 4.99. The van der Waals surface area contributed by atoms with Crippen molar-refractivity contribution >= 4 is 23.5 Å². The van der Waals surface area contributed by atoms with Gasteiger partial charge in [0.1, 0.15) is 10.4 Å². The van der Waals surface area contributed by atoms with Crippen LogP contribution < -0.4 is 5.01 Å². The van der Waals surface area contributed by atoms with Crippen LogP contribution in [0.15, 0.2) is 40.1 Å². The van der Waals surface area contributed by atoms with Gasteiger partial charge in [0.15, 0.2) is 5.82 Å². The minimum atomic E-state index is 0.221. The lowest BCUT2D eigenvalue weighted by Gasteiger charge is -2.25. The van der Waals surface area contributed by atoms with Crippen LogP contribution in [-0.2, 0) is 6.42 Å². The van der Waals surface area contributed by atoms with E-state index in [1.54, 1.807) is 11.8 Å². The number of aromatic nitrogens is 4. The first-order chi connectivity index (χ1) is 10.4. The maximum atomic E-state index is 4.36. The van der Waals surface area contributed by atoms with Crippen LogP contribution in [-0.4, -0.2) is 19.9 Å². The van der Waals surface area contributed by atoms with Crippen molar-refractivity contribution in [3.63, 3.8) is 0 Å². The summed E-state index contributed by atoms with van der Waals surface area (Å²) < 4.78 is 2.18. The topological polar surface area (TPSA) is 46.8 Å². The number of aryl methyl sites for hydroxylation is 1. The van der Waals surface area contributed by atoms with E-state index in [1.807, 2.05) is 30.2 Å². The van der Waals surface area contributed by atoms with Gasteiger partial charge in [0, 0.05) is 29.8 Å². The molecule has 4 rings (SSSR count). The number of nitrogens with zero attached hydrogens (tertiary/aromatic N) is 5. The van der Waals surface area contributed by atoms with Crippen LogP contribution in [0.2, 0.25) is 0 Å². The van der Waals surface area contributed by atoms with Gasteiger partial charge in [-0.2, -0.15) is 0 Å². The van der Waals surface area contributed by atoms with E-state index in [9.17, 15) is 0 Å². The predicted octanol–water partition coefficient (Wildman–Crippen LogP) is 3.30. The minimum absolute atomic E-state index is 0.221. The Morgan fingerprint density at radius 1 is 1.33 bits per heavy atom. The fourth-order valence-electron chi connectivity index (χ4n) is 2.53. The average molecular weight is 317 g/mol. The quantitative estimate of drug-likeness (QED) is 0.862. The Morgan fingerprint density at radius 2 is 2.29 bits per heavy atom. The molecule has 2 aromatic rings. The SMILES string of the molecule is CCCCc1nnc2n1N1C(=CSC1c1cccnc1)S2. The highest BCUT2D eigenvalue weighted by molar-refractivity contribution is 8.07. The van der Waals surface area contributed by atoms with Crippen molar-refractivity contribution < 1.29 is 0 Å². The number of unbranched alkanes of at least 4 members (excludes halogenated alkanes) is 1. The van der Waals surface area contributed by atoms with Crippen molar-refractivity contribution in [2.45, 2.75) is 36.7 Å². The number of pyridine rings is 1. The second-order valence-corrected chi connectivity index (χ2v) is 6.93. The summed E-state index contributed by atoms with van der Waals surface area (Å²) in [6.07, 6.45) is 7.03. The Balaban J connectivity index is 1.70. The summed E-state index contributed by atoms with van der Waals surface area (Å²) in [5, 5.41) is 15.6. The van der Waals surface area contributed by atoms with E-state index in [2.05, 4.69) is 43.3 Å². The fourth-order valence-corrected chi connectivity index (χ4v) is 4.75. The van der Waals surface area contributed by atoms with Gasteiger partial charge in [-0.25, -0.2) is 4.68 Å². The molecule has 21 heavy (non-hydrogen) atoms. The molecule has 5 nitrogen and oxygen atoms in total. The zero-order chi connectivity index (χ0) is 14.2. The summed E-state index contributed by atoms with van der Waals surface area (Å²) in [6, 6.07) is 4.11. The van der Waals surface area contributed by atoms with Crippen molar-refractivity contribution in [2.75, 3.05) is 5.01 Å². The van der Waals surface area contributed by atoms with E-state index < -0.39 is 0 Å². The van der Waals surface area contributed by atoms with E-state index in [4.69, 9.17) is 0 Å². The first-order valence-electron chi connectivity index (χ1n) is 7.05. The molecule has 2 aliphatic rings. The zero-order valence-electron chi connectivity index (χ0n) is 11.6. The van der Waals surface area contributed by atoms with E-state index in [0.717, 1.165) is 23.8 Å². The summed E-state index contributed by atoms with van der Waals surface area (Å²) in [7, 11) is 0. The first-order valence-corrected chi connectivity index (χ1v) is 8.81. The highest BCUT2D eigenvalue weighted by Crippen LogP contribution is 2.50. The van der Waals surface area contributed by atoms with Gasteiger partial charge in [0.2, 0.25) is 5.16 Å². The van der Waals surface area contributed by atoms with E-state index >= 15 is 0 Å². The molecule has 0 saturated carbocycles. The molecule has 0 aliphatic carbocycles. The van der Waals surface area contributed by atoms with Gasteiger partial charge < -0.3 is 0 Å². The lowest BCUT2D eigenvalue weighted by atomic mass is 10.2. The van der Waals surface area contributed by atoms with E-state index in [0.29, 0.717) is 0 Å². The van der Waals surface area contributed by atoms with E-state index in [1.165, 1.54) is 17.0 Å². The van der Waals surface area contributed by atoms with Gasteiger partial charge in [-0.15, -0.1) is 10.2 Å². The number of thioether (sulfide) groups is 2. The average Bonchev–Trinajstić information content (AvgIpc) is 3.17. The van der Waals surface area contributed by atoms with Crippen molar-refractivity contribution in [3.05, 3.63) is 46.4 Å². The Hall–Kier alpha value is -1.47. The number of fused-ring (bicyclic) bond motifs is 3. The van der Waals surface area contributed by atoms with Gasteiger partial charge >= 0.3 is 0 Å². The first kappa shape index (κ1) is 13.2. The van der Waals surface area contributed by atoms with Crippen LogP contribution in [0.25, 0.3) is 0 Å². The molecule has 0 amide bonds. The Labute approximate surface area is 131 Å². The summed E-state index contributed by atoms with van der Waals surface area (Å²) in [6.45, 7) is 2.20. The van der Waals surface area contributed by atoms with Crippen LogP contribution in [0.4, 0.5) is 0 Å². The third kappa shape index (κ3) is 2.15. The summed E-state index contributed by atoms with van der Waals surface area (Å²) in [5.41, 5.74) is 1.21. The predicted molar refractivity (Wildman–Crippen MR) is 85.4 cm³/mol. The molecule has 0 aromatic carbocycles. The highest BCUT2D eigenvalue weighted by Gasteiger charge is 2.39. The molecule has 108 valence electrons. The van der Waals surface area contributed by atoms with Crippen LogP contribution in [0.1, 0.15) is 36.5 Å². The molecule has 2 aliphatic heterocycles. The lowest BCUT2D eigenvalue weighted by molar-refractivity contribution is 0.590. The van der Waals surface area contributed by atoms with Gasteiger partial charge in [-0.05, 0) is 24.2 Å². The fraction of sp³-hybridized carbons (Fsp3) is 0.357. The third-order valence-corrected chi connectivity index (χ3v) is 5.75. The highest BCUT2D eigenvalue weighted by atomic mass is 32.2. The number of hydrogen-bond donors (Lipinski definition) is 0. The van der Waals surface area contributed by atoms with Gasteiger partial charge in [0.05, 0.1) is 0 Å².